The number of benzene rings is 1. The Kier molecular flexibility index (Phi) is 4.34. The van der Waals surface area contributed by atoms with Gasteiger partial charge in [0.05, 0.1) is 6.54 Å². The normalized spacial score (nSPS) is 16.1. The summed E-state index contributed by atoms with van der Waals surface area (Å²) in [6.45, 7) is 2.75. The maximum absolute atomic E-state index is 10.0. The van der Waals surface area contributed by atoms with Crippen molar-refractivity contribution in [3.63, 3.8) is 0 Å². The summed E-state index contributed by atoms with van der Waals surface area (Å²) in [5.41, 5.74) is 2.35. The van der Waals surface area contributed by atoms with Crippen molar-refractivity contribution >= 4 is 11.8 Å². The fraction of sp³-hybridized carbons (Fsp3) is 0.500. The van der Waals surface area contributed by atoms with E-state index in [-0.39, 0.29) is 0 Å². The Labute approximate surface area is 102 Å². The van der Waals surface area contributed by atoms with Gasteiger partial charge in [-0.15, -0.1) is 0 Å². The van der Waals surface area contributed by atoms with Crippen LogP contribution in [0.3, 0.4) is 0 Å². The van der Waals surface area contributed by atoms with Gasteiger partial charge in [0.2, 0.25) is 6.08 Å². The molecule has 2 rings (SSSR count). The van der Waals surface area contributed by atoms with Crippen LogP contribution in [0.15, 0.2) is 29.3 Å². The van der Waals surface area contributed by atoms with Gasteiger partial charge < -0.3 is 4.90 Å². The molecule has 3 nitrogen and oxygen atoms in total. The van der Waals surface area contributed by atoms with Crippen LogP contribution in [0.25, 0.3) is 0 Å². The van der Waals surface area contributed by atoms with Gasteiger partial charge in [-0.05, 0) is 30.5 Å². The average molecular weight is 230 g/mol. The number of anilines is 1. The summed E-state index contributed by atoms with van der Waals surface area (Å²) in [4.78, 5) is 16.1. The van der Waals surface area contributed by atoms with Crippen LogP contribution in [-0.2, 0) is 11.3 Å². The van der Waals surface area contributed by atoms with Gasteiger partial charge in [0.25, 0.3) is 0 Å². The lowest BCUT2D eigenvalue weighted by Gasteiger charge is -2.22. The number of isocyanates is 1. The zero-order chi connectivity index (χ0) is 11.9. The van der Waals surface area contributed by atoms with Crippen molar-refractivity contribution in [2.75, 3.05) is 18.0 Å². The summed E-state index contributed by atoms with van der Waals surface area (Å²) in [5, 5.41) is 0. The molecule has 0 saturated carbocycles. The number of rotatable bonds is 3. The Morgan fingerprint density at radius 3 is 2.29 bits per heavy atom. The van der Waals surface area contributed by atoms with Crippen molar-refractivity contribution < 1.29 is 4.79 Å². The molecule has 1 fully saturated rings. The molecule has 1 heterocycles. The van der Waals surface area contributed by atoms with E-state index in [2.05, 4.69) is 22.0 Å². The second-order valence-electron chi connectivity index (χ2n) is 4.48. The van der Waals surface area contributed by atoms with E-state index in [1.54, 1.807) is 6.08 Å². The Balaban J connectivity index is 2.02. The van der Waals surface area contributed by atoms with Crippen LogP contribution in [0, 0.1) is 0 Å². The topological polar surface area (TPSA) is 32.7 Å². The minimum atomic E-state index is 0.434. The third kappa shape index (κ3) is 3.43. The van der Waals surface area contributed by atoms with Gasteiger partial charge in [-0.2, -0.15) is 0 Å². The number of hydrogen-bond donors (Lipinski definition) is 0. The molecule has 0 amide bonds. The van der Waals surface area contributed by atoms with Gasteiger partial charge in [-0.25, -0.2) is 9.79 Å². The van der Waals surface area contributed by atoms with Gasteiger partial charge in [0, 0.05) is 18.8 Å². The molecule has 0 aromatic heterocycles. The summed E-state index contributed by atoms with van der Waals surface area (Å²) in [7, 11) is 0. The first kappa shape index (κ1) is 11.9. The molecule has 0 aliphatic carbocycles. The van der Waals surface area contributed by atoms with Gasteiger partial charge in [0.15, 0.2) is 0 Å². The highest BCUT2D eigenvalue weighted by atomic mass is 16.1. The first-order chi connectivity index (χ1) is 8.40. The van der Waals surface area contributed by atoms with E-state index in [4.69, 9.17) is 0 Å². The molecule has 3 heteroatoms. The zero-order valence-electron chi connectivity index (χ0n) is 10.1. The summed E-state index contributed by atoms with van der Waals surface area (Å²) in [6.07, 6.45) is 6.84. The van der Waals surface area contributed by atoms with Crippen molar-refractivity contribution in [2.24, 2.45) is 4.99 Å². The van der Waals surface area contributed by atoms with E-state index in [1.807, 2.05) is 12.1 Å². The maximum atomic E-state index is 10.0. The SMILES string of the molecule is O=C=NCc1ccc(N2CCCCCC2)cc1. The maximum Gasteiger partial charge on any atom is 0.235 e. The van der Waals surface area contributed by atoms with Crippen LogP contribution >= 0.6 is 0 Å². The van der Waals surface area contributed by atoms with E-state index in [0.717, 1.165) is 18.7 Å². The second-order valence-corrected chi connectivity index (χ2v) is 4.48. The molecule has 0 bridgehead atoms. The molecule has 1 aromatic carbocycles. The monoisotopic (exact) mass is 230 g/mol. The van der Waals surface area contributed by atoms with Crippen LogP contribution < -0.4 is 4.90 Å². The highest BCUT2D eigenvalue weighted by Crippen LogP contribution is 2.20. The van der Waals surface area contributed by atoms with Crippen molar-refractivity contribution in [3.8, 4) is 0 Å². The number of aliphatic imine (C=N–C) groups is 1. The molecule has 0 radical (unpaired) electrons. The van der Waals surface area contributed by atoms with Crippen LogP contribution in [0.2, 0.25) is 0 Å². The lowest BCUT2D eigenvalue weighted by Crippen LogP contribution is -2.23. The quantitative estimate of drug-likeness (QED) is 0.591. The third-order valence-corrected chi connectivity index (χ3v) is 3.23. The van der Waals surface area contributed by atoms with Gasteiger partial charge in [0.1, 0.15) is 0 Å². The van der Waals surface area contributed by atoms with Gasteiger partial charge >= 0.3 is 0 Å². The van der Waals surface area contributed by atoms with Crippen molar-refractivity contribution in [2.45, 2.75) is 32.2 Å². The van der Waals surface area contributed by atoms with Crippen molar-refractivity contribution in [1.29, 1.82) is 0 Å². The Hall–Kier alpha value is -1.60. The van der Waals surface area contributed by atoms with E-state index in [0.29, 0.717) is 6.54 Å². The van der Waals surface area contributed by atoms with E-state index in [9.17, 15) is 4.79 Å². The second kappa shape index (κ2) is 6.21. The molecule has 17 heavy (non-hydrogen) atoms. The molecule has 0 N–H and O–H groups in total. The minimum absolute atomic E-state index is 0.434. The van der Waals surface area contributed by atoms with E-state index >= 15 is 0 Å². The number of carbonyl (C=O) groups excluding carboxylic acids is 1. The molecule has 90 valence electrons. The molecule has 1 aliphatic heterocycles. The van der Waals surface area contributed by atoms with Crippen molar-refractivity contribution in [1.82, 2.24) is 0 Å². The van der Waals surface area contributed by atoms with Crippen molar-refractivity contribution in [3.05, 3.63) is 29.8 Å². The molecule has 1 aliphatic rings. The van der Waals surface area contributed by atoms with Crippen LogP contribution in [0.4, 0.5) is 5.69 Å². The zero-order valence-corrected chi connectivity index (χ0v) is 10.1. The molecule has 1 saturated heterocycles. The molecular weight excluding hydrogens is 212 g/mol. The molecular formula is C14H18N2O. The predicted molar refractivity (Wildman–Crippen MR) is 68.9 cm³/mol. The fourth-order valence-electron chi connectivity index (χ4n) is 2.26. The predicted octanol–water partition coefficient (Wildman–Crippen LogP) is 2.90. The largest absolute Gasteiger partial charge is 0.372 e. The Bertz CT molecular complexity index is 385. The fourth-order valence-corrected chi connectivity index (χ4v) is 2.26. The minimum Gasteiger partial charge on any atom is -0.372 e. The van der Waals surface area contributed by atoms with E-state index in [1.165, 1.54) is 31.4 Å². The summed E-state index contributed by atoms with van der Waals surface area (Å²) >= 11 is 0. The van der Waals surface area contributed by atoms with Crippen LogP contribution in [0.5, 0.6) is 0 Å². The van der Waals surface area contributed by atoms with E-state index < -0.39 is 0 Å². The Morgan fingerprint density at radius 1 is 1.06 bits per heavy atom. The van der Waals surface area contributed by atoms with Crippen LogP contribution in [-0.4, -0.2) is 19.2 Å². The molecule has 0 unspecified atom stereocenters. The molecule has 0 spiro atoms. The highest BCUT2D eigenvalue weighted by molar-refractivity contribution is 5.48. The molecule has 0 atom stereocenters. The Morgan fingerprint density at radius 2 is 1.71 bits per heavy atom. The molecule has 1 aromatic rings. The lowest BCUT2D eigenvalue weighted by molar-refractivity contribution is 0.563. The number of nitrogens with zero attached hydrogens (tertiary/aromatic N) is 2. The summed E-state index contributed by atoms with van der Waals surface area (Å²) in [5.74, 6) is 0. The first-order valence-corrected chi connectivity index (χ1v) is 6.27. The highest BCUT2D eigenvalue weighted by Gasteiger charge is 2.09. The standard InChI is InChI=1S/C14H18N2O/c17-12-15-11-13-5-7-14(8-6-13)16-9-3-1-2-4-10-16/h5-8H,1-4,9-11H2. The van der Waals surface area contributed by atoms with Crippen LogP contribution in [0.1, 0.15) is 31.2 Å². The number of hydrogen-bond acceptors (Lipinski definition) is 3. The lowest BCUT2D eigenvalue weighted by atomic mass is 10.2. The third-order valence-electron chi connectivity index (χ3n) is 3.23. The summed E-state index contributed by atoms with van der Waals surface area (Å²) in [6, 6.07) is 8.34. The average Bonchev–Trinajstić information content (AvgIpc) is 2.66. The van der Waals surface area contributed by atoms with Gasteiger partial charge in [-0.1, -0.05) is 25.0 Å². The first-order valence-electron chi connectivity index (χ1n) is 6.27. The smallest absolute Gasteiger partial charge is 0.235 e. The van der Waals surface area contributed by atoms with Gasteiger partial charge in [-0.3, -0.25) is 0 Å². The summed E-state index contributed by atoms with van der Waals surface area (Å²) < 4.78 is 0.